The molecule has 1 rings (SSSR count). The van der Waals surface area contributed by atoms with Crippen LogP contribution < -0.4 is 0 Å². The van der Waals surface area contributed by atoms with E-state index in [2.05, 4.69) is 56.2 Å². The number of allylic oxidation sites excluding steroid dienone is 4. The highest BCUT2D eigenvalue weighted by Crippen LogP contribution is 2.04. The molecule has 1 aromatic rings. The lowest BCUT2D eigenvalue weighted by Gasteiger charge is -1.95. The van der Waals surface area contributed by atoms with E-state index in [9.17, 15) is 0 Å². The molecule has 0 radical (unpaired) electrons. The highest BCUT2D eigenvalue weighted by atomic mass is 13.9. The first-order chi connectivity index (χ1) is 8.58. The summed E-state index contributed by atoms with van der Waals surface area (Å²) in [6, 6.07) is 8.48. The number of hydrogen-bond acceptors (Lipinski definition) is 0. The Kier molecular flexibility index (Phi) is 5.74. The van der Waals surface area contributed by atoms with Gasteiger partial charge in [0.15, 0.2) is 0 Å². The third-order valence-electron chi connectivity index (χ3n) is 2.46. The SMILES string of the molecule is C=C(C)/C=C\C(=C)CC#CCc1ccc(C)cc1. The van der Waals surface area contributed by atoms with Gasteiger partial charge >= 0.3 is 0 Å². The molecule has 0 aliphatic rings. The van der Waals surface area contributed by atoms with Crippen LogP contribution in [0.5, 0.6) is 0 Å². The first kappa shape index (κ1) is 14.1. The van der Waals surface area contributed by atoms with E-state index >= 15 is 0 Å². The summed E-state index contributed by atoms with van der Waals surface area (Å²) in [6.45, 7) is 11.8. The van der Waals surface area contributed by atoms with Gasteiger partial charge < -0.3 is 0 Å². The molecule has 1 aromatic carbocycles. The second kappa shape index (κ2) is 7.35. The summed E-state index contributed by atoms with van der Waals surface area (Å²) in [5, 5.41) is 0. The Morgan fingerprint density at radius 3 is 2.39 bits per heavy atom. The third kappa shape index (κ3) is 5.92. The monoisotopic (exact) mass is 236 g/mol. The molecule has 0 nitrogen and oxygen atoms in total. The highest BCUT2D eigenvalue weighted by molar-refractivity contribution is 5.28. The molecule has 0 aromatic heterocycles. The Hall–Kier alpha value is -2.00. The second-order valence-corrected chi connectivity index (χ2v) is 4.53. The minimum Gasteiger partial charge on any atom is -0.0982 e. The van der Waals surface area contributed by atoms with Gasteiger partial charge in [-0.3, -0.25) is 0 Å². The van der Waals surface area contributed by atoms with Gasteiger partial charge in [-0.1, -0.05) is 72.6 Å². The zero-order valence-electron chi connectivity index (χ0n) is 11.3. The minimum absolute atomic E-state index is 0.718. The van der Waals surface area contributed by atoms with Gasteiger partial charge in [0, 0.05) is 12.8 Å². The molecule has 0 aliphatic carbocycles. The van der Waals surface area contributed by atoms with Crippen molar-refractivity contribution in [2.75, 3.05) is 0 Å². The van der Waals surface area contributed by atoms with E-state index in [-0.39, 0.29) is 0 Å². The maximum atomic E-state index is 3.95. The van der Waals surface area contributed by atoms with Gasteiger partial charge in [0.25, 0.3) is 0 Å². The summed E-state index contributed by atoms with van der Waals surface area (Å²) in [7, 11) is 0. The lowest BCUT2D eigenvalue weighted by Crippen LogP contribution is -1.81. The number of hydrogen-bond donors (Lipinski definition) is 0. The molecule has 0 fully saturated rings. The van der Waals surface area contributed by atoms with Gasteiger partial charge in [-0.2, -0.15) is 0 Å². The fourth-order valence-electron chi connectivity index (χ4n) is 1.37. The number of benzene rings is 1. The number of aryl methyl sites for hydroxylation is 1. The van der Waals surface area contributed by atoms with Crippen LogP contribution in [-0.4, -0.2) is 0 Å². The summed E-state index contributed by atoms with van der Waals surface area (Å²) < 4.78 is 0. The summed E-state index contributed by atoms with van der Waals surface area (Å²) >= 11 is 0. The van der Waals surface area contributed by atoms with Crippen molar-refractivity contribution < 1.29 is 0 Å². The van der Waals surface area contributed by atoms with Gasteiger partial charge in [0.1, 0.15) is 0 Å². The maximum Gasteiger partial charge on any atom is 0.0340 e. The number of rotatable bonds is 4. The van der Waals surface area contributed by atoms with Gasteiger partial charge in [-0.15, -0.1) is 0 Å². The molecule has 0 N–H and O–H groups in total. The van der Waals surface area contributed by atoms with Crippen molar-refractivity contribution in [2.45, 2.75) is 26.7 Å². The summed E-state index contributed by atoms with van der Waals surface area (Å²) in [5.74, 6) is 6.31. The predicted molar refractivity (Wildman–Crippen MR) is 80.4 cm³/mol. The van der Waals surface area contributed by atoms with Crippen molar-refractivity contribution in [3.8, 4) is 11.8 Å². The van der Waals surface area contributed by atoms with E-state index in [1.807, 2.05) is 19.1 Å². The van der Waals surface area contributed by atoms with Gasteiger partial charge in [0.05, 0.1) is 0 Å². The van der Waals surface area contributed by atoms with Crippen LogP contribution in [-0.2, 0) is 6.42 Å². The van der Waals surface area contributed by atoms with Crippen LogP contribution in [0.2, 0.25) is 0 Å². The fourth-order valence-corrected chi connectivity index (χ4v) is 1.37. The van der Waals surface area contributed by atoms with Gasteiger partial charge in [0.2, 0.25) is 0 Å². The summed E-state index contributed by atoms with van der Waals surface area (Å²) in [6.07, 6.45) is 5.46. The molecule has 0 saturated heterocycles. The normalized spacial score (nSPS) is 9.89. The molecule has 0 heterocycles. The molecule has 0 unspecified atom stereocenters. The van der Waals surface area contributed by atoms with Crippen LogP contribution in [0.4, 0.5) is 0 Å². The zero-order chi connectivity index (χ0) is 13.4. The van der Waals surface area contributed by atoms with E-state index in [0.29, 0.717) is 0 Å². The van der Waals surface area contributed by atoms with E-state index < -0.39 is 0 Å². The largest absolute Gasteiger partial charge is 0.0982 e. The zero-order valence-corrected chi connectivity index (χ0v) is 11.3. The van der Waals surface area contributed by atoms with Crippen LogP contribution in [0.1, 0.15) is 24.5 Å². The highest BCUT2D eigenvalue weighted by Gasteiger charge is 1.88. The van der Waals surface area contributed by atoms with E-state index in [1.54, 1.807) is 0 Å². The Morgan fingerprint density at radius 2 is 1.78 bits per heavy atom. The molecule has 0 atom stereocenters. The Balaban J connectivity index is 2.41. The molecule has 18 heavy (non-hydrogen) atoms. The quantitative estimate of drug-likeness (QED) is 0.528. The lowest BCUT2D eigenvalue weighted by atomic mass is 10.1. The van der Waals surface area contributed by atoms with Gasteiger partial charge in [-0.25, -0.2) is 0 Å². The van der Waals surface area contributed by atoms with Crippen molar-refractivity contribution in [3.63, 3.8) is 0 Å². The predicted octanol–water partition coefficient (Wildman–Crippen LogP) is 4.62. The topological polar surface area (TPSA) is 0 Å². The molecule has 0 aliphatic heterocycles. The van der Waals surface area contributed by atoms with Crippen LogP contribution in [0.25, 0.3) is 0 Å². The van der Waals surface area contributed by atoms with E-state index in [1.165, 1.54) is 11.1 Å². The van der Waals surface area contributed by atoms with Crippen molar-refractivity contribution in [3.05, 3.63) is 71.8 Å². The van der Waals surface area contributed by atoms with Gasteiger partial charge in [-0.05, 0) is 25.0 Å². The average Bonchev–Trinajstić information content (AvgIpc) is 2.34. The minimum atomic E-state index is 0.718. The molecule has 0 bridgehead atoms. The second-order valence-electron chi connectivity index (χ2n) is 4.53. The lowest BCUT2D eigenvalue weighted by molar-refractivity contribution is 1.28. The standard InChI is InChI=1S/C18H20/c1-15(2)9-10-16(3)7-5-6-8-18-13-11-17(4)12-14-18/h9-14H,1,3,7-8H2,2,4H3/b10-9-. The third-order valence-corrected chi connectivity index (χ3v) is 2.46. The Bertz CT molecular complexity index is 501. The van der Waals surface area contributed by atoms with Crippen LogP contribution >= 0.6 is 0 Å². The molecule has 92 valence electrons. The first-order valence-electron chi connectivity index (χ1n) is 6.10. The Labute approximate surface area is 111 Å². The molecular weight excluding hydrogens is 216 g/mol. The maximum absolute atomic E-state index is 3.95. The van der Waals surface area contributed by atoms with E-state index in [0.717, 1.165) is 24.0 Å². The molecule has 0 saturated carbocycles. The summed E-state index contributed by atoms with van der Waals surface area (Å²) in [4.78, 5) is 0. The molecule has 0 heteroatoms. The fraction of sp³-hybridized carbons (Fsp3) is 0.222. The molecular formula is C18H20. The molecule has 0 amide bonds. The van der Waals surface area contributed by atoms with Crippen molar-refractivity contribution in [1.29, 1.82) is 0 Å². The van der Waals surface area contributed by atoms with Crippen molar-refractivity contribution >= 4 is 0 Å². The van der Waals surface area contributed by atoms with Crippen LogP contribution in [0.3, 0.4) is 0 Å². The molecule has 0 spiro atoms. The van der Waals surface area contributed by atoms with E-state index in [4.69, 9.17) is 0 Å². The smallest absolute Gasteiger partial charge is 0.0340 e. The summed E-state index contributed by atoms with van der Waals surface area (Å²) in [5.41, 5.74) is 4.60. The van der Waals surface area contributed by atoms with Crippen molar-refractivity contribution in [1.82, 2.24) is 0 Å². The van der Waals surface area contributed by atoms with Crippen LogP contribution in [0.15, 0.2) is 60.7 Å². The van der Waals surface area contributed by atoms with Crippen LogP contribution in [0, 0.1) is 18.8 Å². The average molecular weight is 236 g/mol. The Morgan fingerprint density at radius 1 is 1.11 bits per heavy atom. The van der Waals surface area contributed by atoms with Crippen molar-refractivity contribution in [2.24, 2.45) is 0 Å². The first-order valence-corrected chi connectivity index (χ1v) is 6.10.